The van der Waals surface area contributed by atoms with Gasteiger partial charge < -0.3 is 4.42 Å². The summed E-state index contributed by atoms with van der Waals surface area (Å²) in [5.74, 6) is 0. The zero-order chi connectivity index (χ0) is 35.3. The molecule has 9 rings (SSSR count). The van der Waals surface area contributed by atoms with Gasteiger partial charge in [-0.3, -0.25) is 0 Å². The molecule has 0 radical (unpaired) electrons. The highest BCUT2D eigenvalue weighted by Gasteiger charge is 2.13. The lowest BCUT2D eigenvalue weighted by atomic mass is 9.91. The maximum absolute atomic E-state index is 8.96. The Morgan fingerprint density at radius 1 is 0.372 bits per heavy atom. The quantitative estimate of drug-likeness (QED) is 0.198. The van der Waals surface area contributed by atoms with E-state index in [2.05, 4.69) is 78.9 Å². The zero-order valence-corrected chi connectivity index (χ0v) is 22.8. The molecule has 1 nitrogen and oxygen atoms in total. The monoisotopic (exact) mass is 554 g/mol. The number of benzene rings is 8. The summed E-state index contributed by atoms with van der Waals surface area (Å²) in [6.07, 6.45) is 0. The molecular formula is C42H26O. The second kappa shape index (κ2) is 9.44. The van der Waals surface area contributed by atoms with Gasteiger partial charge in [0.15, 0.2) is 0 Å². The smallest absolute Gasteiger partial charge is 0.136 e. The summed E-state index contributed by atoms with van der Waals surface area (Å²) in [5, 5.41) is 7.29. The van der Waals surface area contributed by atoms with Crippen LogP contribution in [0.15, 0.2) is 162 Å². The van der Waals surface area contributed by atoms with Gasteiger partial charge in [-0.15, -0.1) is 0 Å². The summed E-state index contributed by atoms with van der Waals surface area (Å²) in [6, 6.07) is 34.0. The molecule has 0 aliphatic heterocycles. The molecular weight excluding hydrogens is 520 g/mol. The molecule has 1 heterocycles. The molecule has 0 unspecified atom stereocenters. The molecule has 0 aliphatic carbocycles. The van der Waals surface area contributed by atoms with E-state index in [1.165, 1.54) is 26.9 Å². The molecule has 0 N–H and O–H groups in total. The highest BCUT2D eigenvalue weighted by Crippen LogP contribution is 2.39. The maximum atomic E-state index is 8.96. The lowest BCUT2D eigenvalue weighted by Gasteiger charge is -2.13. The van der Waals surface area contributed by atoms with Crippen molar-refractivity contribution in [1.82, 2.24) is 0 Å². The van der Waals surface area contributed by atoms with Gasteiger partial charge in [-0.25, -0.2) is 0 Å². The summed E-state index contributed by atoms with van der Waals surface area (Å²) < 4.78 is 74.4. The summed E-state index contributed by atoms with van der Waals surface area (Å²) >= 11 is 0. The third-order valence-corrected chi connectivity index (χ3v) is 8.29. The maximum Gasteiger partial charge on any atom is 0.136 e. The minimum absolute atomic E-state index is 0.0245. The largest absolute Gasteiger partial charge is 0.456 e. The summed E-state index contributed by atoms with van der Waals surface area (Å²) in [6.45, 7) is 0. The molecule has 200 valence electrons. The highest BCUT2D eigenvalue weighted by molar-refractivity contribution is 6.25. The number of furan rings is 1. The van der Waals surface area contributed by atoms with Crippen LogP contribution in [-0.4, -0.2) is 0 Å². The lowest BCUT2D eigenvalue weighted by molar-refractivity contribution is 0.669. The van der Waals surface area contributed by atoms with Gasteiger partial charge in [0, 0.05) is 10.8 Å². The number of para-hydroxylation sites is 1. The molecule has 0 atom stereocenters. The van der Waals surface area contributed by atoms with Crippen LogP contribution in [0.2, 0.25) is 0 Å². The first kappa shape index (κ1) is 17.3. The van der Waals surface area contributed by atoms with Gasteiger partial charge in [0.2, 0.25) is 0 Å². The third-order valence-electron chi connectivity index (χ3n) is 8.29. The van der Waals surface area contributed by atoms with E-state index in [4.69, 9.17) is 15.4 Å². The molecule has 43 heavy (non-hydrogen) atoms. The molecule has 0 fully saturated rings. The molecule has 0 saturated heterocycles. The van der Waals surface area contributed by atoms with E-state index >= 15 is 0 Å². The van der Waals surface area contributed by atoms with Crippen molar-refractivity contribution in [2.24, 2.45) is 0 Å². The average molecular weight is 555 g/mol. The fourth-order valence-corrected chi connectivity index (χ4v) is 6.32. The second-order valence-corrected chi connectivity index (χ2v) is 10.7. The van der Waals surface area contributed by atoms with Crippen molar-refractivity contribution in [2.45, 2.75) is 0 Å². The van der Waals surface area contributed by atoms with E-state index in [-0.39, 0.29) is 45.6 Å². The van der Waals surface area contributed by atoms with E-state index in [1.807, 2.05) is 18.2 Å². The van der Waals surface area contributed by atoms with Crippen molar-refractivity contribution >= 4 is 54.3 Å². The SMILES string of the molecule is [2H]c1ccc(-c2cccc(-c3ccc4c5ccccc5c5ccccc5c4c3)c2)cc1-c1c([2H])c([2H])c([2H])c2oc3c([2H])c([2H])c([2H])c([2H])c3c12. The Bertz CT molecular complexity index is 2930. The van der Waals surface area contributed by atoms with Crippen molar-refractivity contribution in [3.63, 3.8) is 0 Å². The number of fused-ring (bicyclic) bond motifs is 9. The second-order valence-electron chi connectivity index (χ2n) is 10.7. The number of hydrogen-bond acceptors (Lipinski definition) is 1. The van der Waals surface area contributed by atoms with Gasteiger partial charge in [0.25, 0.3) is 0 Å². The normalized spacial score (nSPS) is 14.3. The molecule has 1 heteroatoms. The van der Waals surface area contributed by atoms with Crippen LogP contribution < -0.4 is 0 Å². The number of rotatable bonds is 3. The minimum atomic E-state index is -0.479. The van der Waals surface area contributed by atoms with Crippen LogP contribution >= 0.6 is 0 Å². The average Bonchev–Trinajstić information content (AvgIpc) is 3.57. The molecule has 0 saturated carbocycles. The Morgan fingerprint density at radius 2 is 0.953 bits per heavy atom. The van der Waals surface area contributed by atoms with Crippen molar-refractivity contribution in [3.05, 3.63) is 158 Å². The van der Waals surface area contributed by atoms with E-state index in [9.17, 15) is 0 Å². The van der Waals surface area contributed by atoms with Crippen LogP contribution in [0, 0.1) is 0 Å². The van der Waals surface area contributed by atoms with E-state index < -0.39 is 30.2 Å². The summed E-state index contributed by atoms with van der Waals surface area (Å²) in [7, 11) is 0. The fraction of sp³-hybridized carbons (Fsp3) is 0. The topological polar surface area (TPSA) is 13.1 Å². The first-order valence-electron chi connectivity index (χ1n) is 18.1. The molecule has 1 aromatic heterocycles. The predicted octanol–water partition coefficient (Wildman–Crippen LogP) is 12.0. The first-order chi connectivity index (χ1) is 24.6. The Hall–Kier alpha value is -5.66. The van der Waals surface area contributed by atoms with Crippen molar-refractivity contribution in [1.29, 1.82) is 0 Å². The first-order valence-corrected chi connectivity index (χ1v) is 14.1. The van der Waals surface area contributed by atoms with Crippen molar-refractivity contribution in [2.75, 3.05) is 0 Å². The standard InChI is InChI=1S/C42H26O/c1-2-16-35-33(14-1)34-15-3-4-17-36(34)39-26-30(22-23-37(35)39)28-11-7-10-27(24-28)29-12-8-13-31(25-29)32-19-9-21-41-42(32)38-18-5-6-20-40(38)43-41/h1-26H/i5D,6D,9D,13D,18D,19D,20D,21D. The van der Waals surface area contributed by atoms with Gasteiger partial charge in [-0.05, 0) is 96.0 Å². The van der Waals surface area contributed by atoms with Crippen LogP contribution in [-0.2, 0) is 0 Å². The fourth-order valence-electron chi connectivity index (χ4n) is 6.32. The molecule has 0 bridgehead atoms. The molecule has 0 aliphatic rings. The van der Waals surface area contributed by atoms with E-state index in [0.29, 0.717) is 5.56 Å². The van der Waals surface area contributed by atoms with E-state index in [0.717, 1.165) is 27.6 Å². The highest BCUT2D eigenvalue weighted by atomic mass is 16.3. The van der Waals surface area contributed by atoms with Crippen LogP contribution in [0.5, 0.6) is 0 Å². The Balaban J connectivity index is 1.24. The molecule has 0 amide bonds. The van der Waals surface area contributed by atoms with Gasteiger partial charge in [-0.2, -0.15) is 0 Å². The summed E-state index contributed by atoms with van der Waals surface area (Å²) in [4.78, 5) is 0. The lowest BCUT2D eigenvalue weighted by Crippen LogP contribution is -1.86. The molecule has 0 spiro atoms. The Morgan fingerprint density at radius 3 is 1.70 bits per heavy atom. The Kier molecular flexibility index (Phi) is 3.80. The van der Waals surface area contributed by atoms with Gasteiger partial charge >= 0.3 is 0 Å². The summed E-state index contributed by atoms with van der Waals surface area (Å²) in [5.41, 5.74) is 3.80. The Labute approximate surface area is 260 Å². The minimum Gasteiger partial charge on any atom is -0.456 e. The van der Waals surface area contributed by atoms with E-state index in [1.54, 1.807) is 12.1 Å². The van der Waals surface area contributed by atoms with Crippen LogP contribution in [0.25, 0.3) is 87.6 Å². The third kappa shape index (κ3) is 3.79. The van der Waals surface area contributed by atoms with Crippen molar-refractivity contribution < 1.29 is 15.4 Å². The van der Waals surface area contributed by atoms with Gasteiger partial charge in [0.05, 0.1) is 11.0 Å². The van der Waals surface area contributed by atoms with Gasteiger partial charge in [0.1, 0.15) is 11.2 Å². The zero-order valence-electron chi connectivity index (χ0n) is 30.8. The van der Waals surface area contributed by atoms with Crippen LogP contribution in [0.1, 0.15) is 11.0 Å². The molecule has 8 aromatic carbocycles. The van der Waals surface area contributed by atoms with Crippen LogP contribution in [0.3, 0.4) is 0 Å². The number of hydrogen-bond donors (Lipinski definition) is 0. The van der Waals surface area contributed by atoms with Crippen LogP contribution in [0.4, 0.5) is 0 Å². The predicted molar refractivity (Wildman–Crippen MR) is 183 cm³/mol. The molecule has 9 aromatic rings. The van der Waals surface area contributed by atoms with Crippen molar-refractivity contribution in [3.8, 4) is 33.4 Å². The van der Waals surface area contributed by atoms with Gasteiger partial charge in [-0.1, -0.05) is 127 Å².